The van der Waals surface area contributed by atoms with Crippen LogP contribution < -0.4 is 5.32 Å². The van der Waals surface area contributed by atoms with Crippen LogP contribution in [0.2, 0.25) is 15.1 Å². The second kappa shape index (κ2) is 8.19. The van der Waals surface area contributed by atoms with Crippen molar-refractivity contribution >= 4 is 58.2 Å². The fraction of sp³-hybridized carbons (Fsp3) is 0.214. The predicted octanol–water partition coefficient (Wildman–Crippen LogP) is 3.49. The lowest BCUT2D eigenvalue weighted by Crippen LogP contribution is -2.13. The fourth-order valence-corrected chi connectivity index (χ4v) is 2.31. The lowest BCUT2D eigenvalue weighted by molar-refractivity contribution is -0.137. The molecule has 0 aliphatic carbocycles. The van der Waals surface area contributed by atoms with Gasteiger partial charge in [0.25, 0.3) is 0 Å². The molecule has 0 aliphatic heterocycles. The Bertz CT molecular complexity index is 700. The van der Waals surface area contributed by atoms with Crippen molar-refractivity contribution in [2.24, 2.45) is 0 Å². The molecule has 0 unspecified atom stereocenters. The topological polar surface area (TPSA) is 81.7 Å². The van der Waals surface area contributed by atoms with E-state index in [-0.39, 0.29) is 31.9 Å². The SMILES string of the molecule is COC(=O)C(=CNc1cc(Cl)c(Cl)c(C(=O)OC)c1Cl)C(C)=O. The van der Waals surface area contributed by atoms with E-state index in [1.54, 1.807) is 0 Å². The molecule has 0 spiro atoms. The van der Waals surface area contributed by atoms with Gasteiger partial charge >= 0.3 is 11.9 Å². The van der Waals surface area contributed by atoms with Crippen LogP contribution in [0.25, 0.3) is 0 Å². The Morgan fingerprint density at radius 2 is 1.70 bits per heavy atom. The second-order valence-corrected chi connectivity index (χ2v) is 5.31. The molecule has 0 heterocycles. The Kier molecular flexibility index (Phi) is 6.87. The van der Waals surface area contributed by atoms with Crippen molar-refractivity contribution in [3.8, 4) is 0 Å². The van der Waals surface area contributed by atoms with E-state index in [4.69, 9.17) is 34.8 Å². The highest BCUT2D eigenvalue weighted by Gasteiger charge is 2.22. The molecule has 0 atom stereocenters. The van der Waals surface area contributed by atoms with Gasteiger partial charge in [-0.1, -0.05) is 34.8 Å². The summed E-state index contributed by atoms with van der Waals surface area (Å²) < 4.78 is 9.08. The first kappa shape index (κ1) is 19.3. The summed E-state index contributed by atoms with van der Waals surface area (Å²) in [6, 6.07) is 1.34. The number of halogens is 3. The molecule has 0 radical (unpaired) electrons. The first-order valence-electron chi connectivity index (χ1n) is 6.06. The molecule has 23 heavy (non-hydrogen) atoms. The molecule has 124 valence electrons. The maximum atomic E-state index is 11.7. The van der Waals surface area contributed by atoms with E-state index >= 15 is 0 Å². The third-order valence-electron chi connectivity index (χ3n) is 2.70. The lowest BCUT2D eigenvalue weighted by atomic mass is 10.1. The number of ketones is 1. The van der Waals surface area contributed by atoms with Crippen molar-refractivity contribution in [3.05, 3.63) is 38.5 Å². The minimum absolute atomic E-state index is 0.0369. The van der Waals surface area contributed by atoms with Crippen molar-refractivity contribution in [1.82, 2.24) is 0 Å². The highest BCUT2D eigenvalue weighted by atomic mass is 35.5. The van der Waals surface area contributed by atoms with Crippen molar-refractivity contribution in [1.29, 1.82) is 0 Å². The van der Waals surface area contributed by atoms with E-state index in [1.807, 2.05) is 0 Å². The Balaban J connectivity index is 3.34. The standard InChI is InChI=1S/C14H12Cl3NO5/c1-6(19)7(13(20)22-2)5-18-9-4-8(15)11(16)10(12(9)17)14(21)23-3/h4-5,18H,1-3H3. The Morgan fingerprint density at radius 3 is 2.17 bits per heavy atom. The van der Waals surface area contributed by atoms with Crippen LogP contribution >= 0.6 is 34.8 Å². The molecule has 0 saturated heterocycles. The van der Waals surface area contributed by atoms with Gasteiger partial charge in [-0.25, -0.2) is 9.59 Å². The van der Waals surface area contributed by atoms with E-state index in [0.717, 1.165) is 20.4 Å². The van der Waals surface area contributed by atoms with Gasteiger partial charge in [0, 0.05) is 6.20 Å². The van der Waals surface area contributed by atoms with Crippen LogP contribution in [0.4, 0.5) is 5.69 Å². The number of hydrogen-bond donors (Lipinski definition) is 1. The molecule has 1 aromatic rings. The maximum absolute atomic E-state index is 11.7. The first-order valence-corrected chi connectivity index (χ1v) is 7.19. The number of carbonyl (C=O) groups is 3. The number of hydrogen-bond acceptors (Lipinski definition) is 6. The van der Waals surface area contributed by atoms with Crippen LogP contribution in [0.15, 0.2) is 17.8 Å². The van der Waals surface area contributed by atoms with E-state index in [9.17, 15) is 14.4 Å². The van der Waals surface area contributed by atoms with E-state index in [2.05, 4.69) is 14.8 Å². The number of ether oxygens (including phenoxy) is 2. The zero-order valence-corrected chi connectivity index (χ0v) is 14.6. The Labute approximate surface area is 147 Å². The summed E-state index contributed by atoms with van der Waals surface area (Å²) in [5.41, 5.74) is -0.222. The van der Waals surface area contributed by atoms with Crippen LogP contribution in [0, 0.1) is 0 Å². The third-order valence-corrected chi connectivity index (χ3v) is 3.88. The molecule has 6 nitrogen and oxygen atoms in total. The van der Waals surface area contributed by atoms with E-state index in [0.29, 0.717) is 0 Å². The van der Waals surface area contributed by atoms with Gasteiger partial charge in [-0.15, -0.1) is 0 Å². The summed E-state index contributed by atoms with van der Waals surface area (Å²) in [5, 5.41) is 2.52. The number of carbonyl (C=O) groups excluding carboxylic acids is 3. The largest absolute Gasteiger partial charge is 0.465 e. The van der Waals surface area contributed by atoms with Crippen molar-refractivity contribution < 1.29 is 23.9 Å². The van der Waals surface area contributed by atoms with Crippen LogP contribution in [0.3, 0.4) is 0 Å². The van der Waals surface area contributed by atoms with Gasteiger partial charge in [0.1, 0.15) is 11.1 Å². The number of nitrogens with one attached hydrogen (secondary N) is 1. The number of rotatable bonds is 5. The predicted molar refractivity (Wildman–Crippen MR) is 87.2 cm³/mol. The molecule has 1 aromatic carbocycles. The highest BCUT2D eigenvalue weighted by molar-refractivity contribution is 6.47. The highest BCUT2D eigenvalue weighted by Crippen LogP contribution is 2.38. The van der Waals surface area contributed by atoms with Gasteiger partial charge < -0.3 is 14.8 Å². The van der Waals surface area contributed by atoms with Crippen LogP contribution in [0.1, 0.15) is 17.3 Å². The van der Waals surface area contributed by atoms with Gasteiger partial charge in [0.05, 0.1) is 35.0 Å². The molecule has 1 rings (SSSR count). The van der Waals surface area contributed by atoms with Gasteiger partial charge in [0.2, 0.25) is 0 Å². The lowest BCUT2D eigenvalue weighted by Gasteiger charge is -2.12. The summed E-state index contributed by atoms with van der Waals surface area (Å²) in [5.74, 6) is -2.13. The molecule has 0 aromatic heterocycles. The summed E-state index contributed by atoms with van der Waals surface area (Å²) in [7, 11) is 2.30. The second-order valence-electron chi connectivity index (χ2n) is 4.15. The zero-order valence-electron chi connectivity index (χ0n) is 12.3. The van der Waals surface area contributed by atoms with Gasteiger partial charge in [-0.3, -0.25) is 4.79 Å². The zero-order chi connectivity index (χ0) is 17.7. The first-order chi connectivity index (χ1) is 10.7. The summed E-state index contributed by atoms with van der Waals surface area (Å²) in [4.78, 5) is 34.7. The van der Waals surface area contributed by atoms with E-state index < -0.39 is 17.7 Å². The summed E-state index contributed by atoms with van der Waals surface area (Å²) in [6.07, 6.45) is 1.10. The third kappa shape index (κ3) is 4.37. The van der Waals surface area contributed by atoms with Crippen molar-refractivity contribution in [2.45, 2.75) is 6.92 Å². The number of Topliss-reactive ketones (excluding diaryl/α,β-unsaturated/α-hetero) is 1. The van der Waals surface area contributed by atoms with Crippen LogP contribution in [-0.2, 0) is 19.1 Å². The van der Waals surface area contributed by atoms with E-state index in [1.165, 1.54) is 13.0 Å². The van der Waals surface area contributed by atoms with Gasteiger partial charge in [-0.05, 0) is 13.0 Å². The number of benzene rings is 1. The molecule has 0 saturated carbocycles. The number of methoxy groups -OCH3 is 2. The smallest absolute Gasteiger partial charge is 0.342 e. The molecule has 0 amide bonds. The summed E-state index contributed by atoms with van der Waals surface area (Å²) >= 11 is 18.0. The summed E-state index contributed by atoms with van der Waals surface area (Å²) in [6.45, 7) is 1.20. The maximum Gasteiger partial charge on any atom is 0.342 e. The Hall–Kier alpha value is -1.76. The minimum atomic E-state index is -0.825. The molecule has 1 N–H and O–H groups in total. The Morgan fingerprint density at radius 1 is 1.09 bits per heavy atom. The van der Waals surface area contributed by atoms with Crippen LogP contribution in [0.5, 0.6) is 0 Å². The number of anilines is 1. The molecule has 0 fully saturated rings. The molecule has 9 heteroatoms. The quantitative estimate of drug-likeness (QED) is 0.277. The van der Waals surface area contributed by atoms with Gasteiger partial charge in [0.15, 0.2) is 5.78 Å². The normalized spacial score (nSPS) is 11.0. The molecule has 0 bridgehead atoms. The average molecular weight is 381 g/mol. The van der Waals surface area contributed by atoms with Crippen LogP contribution in [-0.4, -0.2) is 31.9 Å². The number of esters is 2. The minimum Gasteiger partial charge on any atom is -0.465 e. The molecular formula is C14H12Cl3NO5. The fourth-order valence-electron chi connectivity index (χ4n) is 1.55. The van der Waals surface area contributed by atoms with Gasteiger partial charge in [-0.2, -0.15) is 0 Å². The molecular weight excluding hydrogens is 369 g/mol. The van der Waals surface area contributed by atoms with Crippen molar-refractivity contribution in [3.63, 3.8) is 0 Å². The van der Waals surface area contributed by atoms with Crippen molar-refractivity contribution in [2.75, 3.05) is 19.5 Å². The average Bonchev–Trinajstić information content (AvgIpc) is 2.51. The molecule has 0 aliphatic rings. The monoisotopic (exact) mass is 379 g/mol.